The van der Waals surface area contributed by atoms with Gasteiger partial charge in [0.1, 0.15) is 5.92 Å². The minimum Gasteiger partial charge on any atom is -0.481 e. The number of carbonyl (C=O) groups excluding carboxylic acids is 1. The van der Waals surface area contributed by atoms with Gasteiger partial charge in [-0.3, -0.25) is 9.59 Å². The molecule has 1 amide bonds. The van der Waals surface area contributed by atoms with Crippen molar-refractivity contribution in [2.24, 2.45) is 0 Å². The van der Waals surface area contributed by atoms with Gasteiger partial charge in [0.25, 0.3) is 5.91 Å². The SMILES string of the molecule is COCc1ccc(C(=O)N2CC(C(=O)O)c3ccccc32)cc1. The lowest BCUT2D eigenvalue weighted by Crippen LogP contribution is -2.31. The molecular weight excluding hydrogens is 294 g/mol. The first-order valence-corrected chi connectivity index (χ1v) is 7.33. The van der Waals surface area contributed by atoms with Crippen LogP contribution in [-0.4, -0.2) is 30.6 Å². The predicted octanol–water partition coefficient (Wildman–Crippen LogP) is 2.66. The number of rotatable bonds is 4. The lowest BCUT2D eigenvalue weighted by molar-refractivity contribution is -0.138. The van der Waals surface area contributed by atoms with Crippen LogP contribution in [0, 0.1) is 0 Å². The van der Waals surface area contributed by atoms with Gasteiger partial charge in [0, 0.05) is 24.9 Å². The molecule has 0 bridgehead atoms. The van der Waals surface area contributed by atoms with E-state index in [9.17, 15) is 14.7 Å². The van der Waals surface area contributed by atoms with Gasteiger partial charge in [0.2, 0.25) is 0 Å². The zero-order valence-corrected chi connectivity index (χ0v) is 12.7. The second-order valence-corrected chi connectivity index (χ2v) is 5.50. The van der Waals surface area contributed by atoms with E-state index in [0.717, 1.165) is 5.56 Å². The van der Waals surface area contributed by atoms with Crippen molar-refractivity contribution in [1.29, 1.82) is 0 Å². The summed E-state index contributed by atoms with van der Waals surface area (Å²) in [7, 11) is 1.62. The van der Waals surface area contributed by atoms with E-state index in [1.54, 1.807) is 42.3 Å². The van der Waals surface area contributed by atoms with Crippen molar-refractivity contribution >= 4 is 17.6 Å². The summed E-state index contributed by atoms with van der Waals surface area (Å²) in [5.74, 6) is -1.78. The molecule has 1 aliphatic heterocycles. The van der Waals surface area contributed by atoms with Gasteiger partial charge in [0.05, 0.1) is 6.61 Å². The number of carbonyl (C=O) groups is 2. The molecule has 1 aliphatic rings. The van der Waals surface area contributed by atoms with Crippen molar-refractivity contribution < 1.29 is 19.4 Å². The van der Waals surface area contributed by atoms with Crippen LogP contribution in [0.15, 0.2) is 48.5 Å². The molecule has 1 heterocycles. The number of aliphatic carboxylic acids is 1. The summed E-state index contributed by atoms with van der Waals surface area (Å²) in [5.41, 5.74) is 2.87. The topological polar surface area (TPSA) is 66.8 Å². The van der Waals surface area contributed by atoms with Crippen LogP contribution in [0.5, 0.6) is 0 Å². The molecule has 0 radical (unpaired) electrons. The molecule has 1 N–H and O–H groups in total. The van der Waals surface area contributed by atoms with Gasteiger partial charge >= 0.3 is 5.97 Å². The fourth-order valence-corrected chi connectivity index (χ4v) is 2.88. The number of hydrogen-bond acceptors (Lipinski definition) is 3. The molecule has 2 aromatic carbocycles. The Labute approximate surface area is 134 Å². The lowest BCUT2D eigenvalue weighted by Gasteiger charge is -2.17. The summed E-state index contributed by atoms with van der Waals surface area (Å²) in [6, 6.07) is 14.3. The van der Waals surface area contributed by atoms with Crippen molar-refractivity contribution in [2.45, 2.75) is 12.5 Å². The van der Waals surface area contributed by atoms with Crippen LogP contribution >= 0.6 is 0 Å². The Morgan fingerprint density at radius 2 is 1.87 bits per heavy atom. The van der Waals surface area contributed by atoms with Gasteiger partial charge in [-0.15, -0.1) is 0 Å². The average molecular weight is 311 g/mol. The molecule has 1 atom stereocenters. The standard InChI is InChI=1S/C18H17NO4/c1-23-11-12-6-8-13(9-7-12)17(20)19-10-15(18(21)22)14-4-2-3-5-16(14)19/h2-9,15H,10-11H2,1H3,(H,21,22). The maximum atomic E-state index is 12.7. The highest BCUT2D eigenvalue weighted by atomic mass is 16.5. The number of methoxy groups -OCH3 is 1. The third-order valence-electron chi connectivity index (χ3n) is 4.02. The molecule has 1 unspecified atom stereocenters. The van der Waals surface area contributed by atoms with E-state index in [1.807, 2.05) is 18.2 Å². The highest BCUT2D eigenvalue weighted by molar-refractivity contribution is 6.08. The molecule has 5 nitrogen and oxygen atoms in total. The number of carboxylic acids is 1. The van der Waals surface area contributed by atoms with Crippen LogP contribution in [-0.2, 0) is 16.1 Å². The molecule has 118 valence electrons. The fraction of sp³-hybridized carbons (Fsp3) is 0.222. The second-order valence-electron chi connectivity index (χ2n) is 5.50. The Bertz CT molecular complexity index is 739. The summed E-state index contributed by atoms with van der Waals surface area (Å²) >= 11 is 0. The molecule has 2 aromatic rings. The van der Waals surface area contributed by atoms with E-state index < -0.39 is 11.9 Å². The maximum Gasteiger partial charge on any atom is 0.312 e. The van der Waals surface area contributed by atoms with Crippen molar-refractivity contribution in [1.82, 2.24) is 0 Å². The number of para-hydroxylation sites is 1. The van der Waals surface area contributed by atoms with E-state index in [1.165, 1.54) is 0 Å². The Balaban J connectivity index is 1.89. The minimum absolute atomic E-state index is 0.160. The van der Waals surface area contributed by atoms with Crippen LogP contribution in [0.25, 0.3) is 0 Å². The number of amides is 1. The number of ether oxygens (including phenoxy) is 1. The van der Waals surface area contributed by atoms with Gasteiger partial charge in [-0.2, -0.15) is 0 Å². The van der Waals surface area contributed by atoms with Crippen molar-refractivity contribution in [2.75, 3.05) is 18.6 Å². The first-order valence-electron chi connectivity index (χ1n) is 7.33. The van der Waals surface area contributed by atoms with Gasteiger partial charge in [-0.1, -0.05) is 30.3 Å². The lowest BCUT2D eigenvalue weighted by atomic mass is 10.0. The number of anilines is 1. The third kappa shape index (κ3) is 2.83. The molecule has 5 heteroatoms. The van der Waals surface area contributed by atoms with Gasteiger partial charge < -0.3 is 14.7 Å². The summed E-state index contributed by atoms with van der Waals surface area (Å²) < 4.78 is 5.05. The second kappa shape index (κ2) is 6.22. The maximum absolute atomic E-state index is 12.7. The molecule has 0 aromatic heterocycles. The smallest absolute Gasteiger partial charge is 0.312 e. The van der Waals surface area contributed by atoms with Crippen LogP contribution < -0.4 is 4.90 Å². The van der Waals surface area contributed by atoms with Crippen molar-refractivity contribution in [3.63, 3.8) is 0 Å². The first kappa shape index (κ1) is 15.2. The number of carboxylic acid groups (broad SMARTS) is 1. The molecular formula is C18H17NO4. The minimum atomic E-state index is -0.914. The largest absolute Gasteiger partial charge is 0.481 e. The number of nitrogens with zero attached hydrogens (tertiary/aromatic N) is 1. The summed E-state index contributed by atoms with van der Waals surface area (Å²) in [4.78, 5) is 25.7. The summed E-state index contributed by atoms with van der Waals surface area (Å²) in [5, 5.41) is 9.37. The van der Waals surface area contributed by atoms with Crippen LogP contribution in [0.2, 0.25) is 0 Å². The zero-order valence-electron chi connectivity index (χ0n) is 12.7. The molecule has 0 spiro atoms. The van der Waals surface area contributed by atoms with E-state index in [2.05, 4.69) is 0 Å². The highest BCUT2D eigenvalue weighted by Gasteiger charge is 2.36. The Morgan fingerprint density at radius 3 is 2.52 bits per heavy atom. The van der Waals surface area contributed by atoms with Gasteiger partial charge in [-0.25, -0.2) is 0 Å². The Kier molecular flexibility index (Phi) is 4.12. The molecule has 23 heavy (non-hydrogen) atoms. The molecule has 0 fully saturated rings. The zero-order chi connectivity index (χ0) is 16.4. The fourth-order valence-electron chi connectivity index (χ4n) is 2.88. The highest BCUT2D eigenvalue weighted by Crippen LogP contribution is 2.37. The van der Waals surface area contributed by atoms with Gasteiger partial charge in [-0.05, 0) is 29.3 Å². The molecule has 0 saturated carbocycles. The quantitative estimate of drug-likeness (QED) is 0.942. The van der Waals surface area contributed by atoms with Crippen molar-refractivity contribution in [3.8, 4) is 0 Å². The van der Waals surface area contributed by atoms with Crippen LogP contribution in [0.4, 0.5) is 5.69 Å². The Hall–Kier alpha value is -2.66. The van der Waals surface area contributed by atoms with Crippen molar-refractivity contribution in [3.05, 3.63) is 65.2 Å². The summed E-state index contributed by atoms with van der Waals surface area (Å²) in [6.45, 7) is 0.648. The van der Waals surface area contributed by atoms with E-state index in [-0.39, 0.29) is 12.5 Å². The monoisotopic (exact) mass is 311 g/mol. The average Bonchev–Trinajstić information content (AvgIpc) is 2.95. The molecule has 0 saturated heterocycles. The normalized spacial score (nSPS) is 16.2. The number of benzene rings is 2. The van der Waals surface area contributed by atoms with E-state index >= 15 is 0 Å². The number of fused-ring (bicyclic) bond motifs is 1. The summed E-state index contributed by atoms with van der Waals surface area (Å²) in [6.07, 6.45) is 0. The van der Waals surface area contributed by atoms with E-state index in [0.29, 0.717) is 23.4 Å². The van der Waals surface area contributed by atoms with Crippen LogP contribution in [0.1, 0.15) is 27.4 Å². The molecule has 3 rings (SSSR count). The predicted molar refractivity (Wildman–Crippen MR) is 85.7 cm³/mol. The van der Waals surface area contributed by atoms with Crippen LogP contribution in [0.3, 0.4) is 0 Å². The Morgan fingerprint density at radius 1 is 1.17 bits per heavy atom. The first-order chi connectivity index (χ1) is 11.1. The molecule has 0 aliphatic carbocycles. The number of hydrogen-bond donors (Lipinski definition) is 1. The van der Waals surface area contributed by atoms with Gasteiger partial charge in [0.15, 0.2) is 0 Å². The third-order valence-corrected chi connectivity index (χ3v) is 4.02. The van der Waals surface area contributed by atoms with E-state index in [4.69, 9.17) is 4.74 Å².